The number of hydroxylamine groups is 2. The Balaban J connectivity index is 1.30. The summed E-state index contributed by atoms with van der Waals surface area (Å²) in [5.41, 5.74) is -4.15. The maximum Gasteiger partial charge on any atom is 0.236 e. The van der Waals surface area contributed by atoms with Crippen LogP contribution in [0.3, 0.4) is 0 Å². The molecule has 226 valence electrons. The van der Waals surface area contributed by atoms with Crippen LogP contribution < -0.4 is 0 Å². The van der Waals surface area contributed by atoms with Crippen LogP contribution in [0, 0.1) is 41.4 Å². The largest absolute Gasteiger partial charge is 0.440 e. The molecule has 2 aromatic rings. The minimum absolute atomic E-state index is 0.0231. The Morgan fingerprint density at radius 3 is 2.74 bits per heavy atom. The quantitative estimate of drug-likeness (QED) is 0.392. The van der Waals surface area contributed by atoms with Crippen LogP contribution in [0.5, 0.6) is 0 Å². The number of aliphatic hydroxyl groups is 2. The van der Waals surface area contributed by atoms with Crippen LogP contribution >= 0.6 is 11.3 Å². The summed E-state index contributed by atoms with van der Waals surface area (Å²) >= 11 is 1.48. The normalized spacial score (nSPS) is 39.2. The van der Waals surface area contributed by atoms with Crippen molar-refractivity contribution in [3.05, 3.63) is 52.8 Å². The van der Waals surface area contributed by atoms with Crippen molar-refractivity contribution in [2.45, 2.75) is 64.5 Å². The van der Waals surface area contributed by atoms with Gasteiger partial charge in [-0.2, -0.15) is 5.06 Å². The number of thiophene rings is 1. The number of aliphatic hydroxyl groups excluding tert-OH is 2. The zero-order valence-corrected chi connectivity index (χ0v) is 24.6. The maximum atomic E-state index is 17.5. The number of Topliss-reactive ketones (excluding diaryl/α,β-unsaturated/α-hetero) is 1. The molecule has 0 amide bonds. The summed E-state index contributed by atoms with van der Waals surface area (Å²) in [4.78, 5) is 30.7. The highest BCUT2D eigenvalue weighted by atomic mass is 32.1. The molecule has 0 radical (unpaired) electrons. The van der Waals surface area contributed by atoms with Crippen LogP contribution in [0.1, 0.15) is 44.6 Å². The molecule has 0 aliphatic heterocycles. The van der Waals surface area contributed by atoms with E-state index >= 15 is 8.78 Å². The fraction of sp³-hybridized carbons (Fsp3) is 0.581. The highest BCUT2D eigenvalue weighted by Gasteiger charge is 2.73. The molecule has 0 aromatic carbocycles. The second kappa shape index (κ2) is 10.3. The van der Waals surface area contributed by atoms with Gasteiger partial charge in [0.2, 0.25) is 5.89 Å². The average molecular weight is 603 g/mol. The number of carbonyl (C=O) groups excluding carboxylic acids is 2. The Hall–Kier alpha value is -2.57. The van der Waals surface area contributed by atoms with Crippen LogP contribution in [0.2, 0.25) is 0 Å². The van der Waals surface area contributed by atoms with Gasteiger partial charge < -0.3 is 19.8 Å². The van der Waals surface area contributed by atoms with Gasteiger partial charge in [0.05, 0.1) is 23.2 Å². The summed E-state index contributed by atoms with van der Waals surface area (Å²) in [6, 6.07) is 3.77. The molecule has 3 fully saturated rings. The van der Waals surface area contributed by atoms with Crippen molar-refractivity contribution < 1.29 is 38.2 Å². The van der Waals surface area contributed by atoms with Crippen LogP contribution in [-0.2, 0) is 16.1 Å². The summed E-state index contributed by atoms with van der Waals surface area (Å²) in [7, 11) is 0. The van der Waals surface area contributed by atoms with Crippen molar-refractivity contribution in [2.75, 3.05) is 13.2 Å². The van der Waals surface area contributed by atoms with E-state index in [1.807, 2.05) is 24.4 Å². The van der Waals surface area contributed by atoms with Crippen LogP contribution in [0.25, 0.3) is 10.8 Å². The second-order valence-electron chi connectivity index (χ2n) is 12.9. The van der Waals surface area contributed by atoms with Gasteiger partial charge in [0, 0.05) is 23.8 Å². The first-order valence-corrected chi connectivity index (χ1v) is 15.2. The van der Waals surface area contributed by atoms with E-state index < -0.39 is 70.6 Å². The van der Waals surface area contributed by atoms with Crippen molar-refractivity contribution >= 4 is 22.9 Å². The first kappa shape index (κ1) is 29.5. The van der Waals surface area contributed by atoms with E-state index in [1.165, 1.54) is 30.4 Å². The molecule has 0 bridgehead atoms. The van der Waals surface area contributed by atoms with Gasteiger partial charge in [-0.1, -0.05) is 19.1 Å². The van der Waals surface area contributed by atoms with Crippen LogP contribution in [-0.4, -0.2) is 68.1 Å². The number of ketones is 2. The fourth-order valence-corrected chi connectivity index (χ4v) is 9.53. The number of nitrogens with zero attached hydrogens (tertiary/aromatic N) is 2. The van der Waals surface area contributed by atoms with E-state index in [2.05, 4.69) is 4.98 Å². The van der Waals surface area contributed by atoms with E-state index in [0.29, 0.717) is 23.8 Å². The van der Waals surface area contributed by atoms with Gasteiger partial charge in [-0.05, 0) is 79.5 Å². The van der Waals surface area contributed by atoms with E-state index in [4.69, 9.17) is 4.42 Å². The number of carbonyl (C=O) groups is 2. The molecule has 0 saturated heterocycles. The number of hydrogen-bond donors (Lipinski definition) is 3. The molecule has 11 heteroatoms. The van der Waals surface area contributed by atoms with Crippen molar-refractivity contribution in [1.82, 2.24) is 10.0 Å². The van der Waals surface area contributed by atoms with E-state index in [9.17, 15) is 25.0 Å². The van der Waals surface area contributed by atoms with E-state index in [1.54, 1.807) is 6.92 Å². The average Bonchev–Trinajstić information content (AvgIpc) is 3.65. The molecule has 6 rings (SSSR count). The molecule has 9 atom stereocenters. The molecule has 3 N–H and O–H groups in total. The lowest BCUT2D eigenvalue weighted by Gasteiger charge is -2.62. The number of aryl methyl sites for hydroxylation is 1. The van der Waals surface area contributed by atoms with Gasteiger partial charge in [0.1, 0.15) is 18.5 Å². The molecule has 42 heavy (non-hydrogen) atoms. The van der Waals surface area contributed by atoms with Gasteiger partial charge in [0.25, 0.3) is 0 Å². The number of fused-ring (bicyclic) bond motifs is 5. The molecule has 0 unspecified atom stereocenters. The molecular weight excluding hydrogens is 566 g/mol. The number of allylic oxidation sites excluding steroid dienone is 4. The Kier molecular flexibility index (Phi) is 7.21. The summed E-state index contributed by atoms with van der Waals surface area (Å²) in [6.07, 6.45) is 0.655. The molecule has 2 aromatic heterocycles. The van der Waals surface area contributed by atoms with Crippen molar-refractivity contribution in [1.29, 1.82) is 0 Å². The molecule has 0 spiro atoms. The first-order valence-electron chi connectivity index (χ1n) is 14.4. The van der Waals surface area contributed by atoms with Gasteiger partial charge in [-0.3, -0.25) is 9.59 Å². The third kappa shape index (κ3) is 4.23. The summed E-state index contributed by atoms with van der Waals surface area (Å²) in [5.74, 6) is -2.59. The predicted molar refractivity (Wildman–Crippen MR) is 150 cm³/mol. The first-order chi connectivity index (χ1) is 19.8. The third-order valence-electron chi connectivity index (χ3n) is 10.7. The van der Waals surface area contributed by atoms with E-state index in [-0.39, 0.29) is 31.5 Å². The standard InChI is InChI=1S/C31H36F2N2O6S/c1-16-23(34-28(41-16)25-5-4-8-42-25)14-35(40)13-17-9-19-20-11-22(32)21-10-18(37)6-7-30(21,3)31(20,33)26(39)12-29(19,2)27(17)24(38)15-36/h4-8,10,17,19-20,22,26-27,36,39-40H,9,11-15H2,1-3H3/t17-,19-,20-,22-,26-,27+,29-,30-,31-/m0/s1. The topological polar surface area (TPSA) is 124 Å². The Labute approximate surface area is 246 Å². The number of alkyl halides is 2. The molecular formula is C31H36F2N2O6S. The van der Waals surface area contributed by atoms with Gasteiger partial charge in [-0.15, -0.1) is 11.3 Å². The lowest BCUT2D eigenvalue weighted by atomic mass is 9.45. The predicted octanol–water partition coefficient (Wildman–Crippen LogP) is 4.63. The second-order valence-corrected chi connectivity index (χ2v) is 13.8. The molecule has 8 nitrogen and oxygen atoms in total. The maximum absolute atomic E-state index is 17.5. The molecule has 4 aliphatic rings. The monoisotopic (exact) mass is 602 g/mol. The van der Waals surface area contributed by atoms with Crippen molar-refractivity contribution in [3.8, 4) is 10.8 Å². The minimum Gasteiger partial charge on any atom is -0.440 e. The van der Waals surface area contributed by atoms with Crippen molar-refractivity contribution in [3.63, 3.8) is 0 Å². The van der Waals surface area contributed by atoms with Gasteiger partial charge in [-0.25, -0.2) is 13.8 Å². The SMILES string of the molecule is Cc1oc(-c2cccs2)nc1CN(O)C[C@@H]1C[C@H]2[C@@H]3C[C@H](F)C4=CC(=O)C=C[C@]4(C)[C@@]3(F)[C@@H](O)C[C@]2(C)[C@H]1C(=O)CO. The summed E-state index contributed by atoms with van der Waals surface area (Å²) in [5, 5.41) is 35.4. The van der Waals surface area contributed by atoms with Crippen LogP contribution in [0.4, 0.5) is 8.78 Å². The lowest BCUT2D eigenvalue weighted by Crippen LogP contribution is -2.68. The molecule has 3 saturated carbocycles. The zero-order valence-electron chi connectivity index (χ0n) is 23.8. The Morgan fingerprint density at radius 1 is 1.29 bits per heavy atom. The highest BCUT2D eigenvalue weighted by molar-refractivity contribution is 7.13. The number of hydrogen-bond acceptors (Lipinski definition) is 9. The Morgan fingerprint density at radius 2 is 2.05 bits per heavy atom. The summed E-state index contributed by atoms with van der Waals surface area (Å²) in [6.45, 7) is 4.43. The van der Waals surface area contributed by atoms with Gasteiger partial charge in [0.15, 0.2) is 17.2 Å². The Bertz CT molecular complexity index is 1460. The number of rotatable bonds is 7. The smallest absolute Gasteiger partial charge is 0.236 e. The zero-order chi connectivity index (χ0) is 30.2. The number of oxazole rings is 1. The van der Waals surface area contributed by atoms with Crippen molar-refractivity contribution in [2.24, 2.45) is 34.5 Å². The number of halogens is 2. The number of aromatic nitrogens is 1. The summed E-state index contributed by atoms with van der Waals surface area (Å²) < 4.78 is 39.0. The minimum atomic E-state index is -2.26. The third-order valence-corrected chi connectivity index (χ3v) is 11.6. The molecule has 2 heterocycles. The van der Waals surface area contributed by atoms with E-state index in [0.717, 1.165) is 16.0 Å². The van der Waals surface area contributed by atoms with Crippen LogP contribution in [0.15, 0.2) is 45.7 Å². The lowest BCUT2D eigenvalue weighted by molar-refractivity contribution is -0.202. The van der Waals surface area contributed by atoms with Gasteiger partial charge >= 0.3 is 0 Å². The fourth-order valence-electron chi connectivity index (χ4n) is 8.88. The molecule has 4 aliphatic carbocycles. The highest BCUT2D eigenvalue weighted by Crippen LogP contribution is 2.70.